The quantitative estimate of drug-likeness (QED) is 0.856. The number of aliphatic carboxylic acids is 1. The lowest BCUT2D eigenvalue weighted by atomic mass is 9.96. The molecule has 1 heterocycles. The molecule has 4 heteroatoms. The van der Waals surface area contributed by atoms with Gasteiger partial charge in [-0.15, -0.1) is 0 Å². The summed E-state index contributed by atoms with van der Waals surface area (Å²) in [4.78, 5) is 15.1. The van der Waals surface area contributed by atoms with Gasteiger partial charge in [0.2, 0.25) is 0 Å². The number of carboxylic acid groups (broad SMARTS) is 1. The van der Waals surface area contributed by atoms with Gasteiger partial charge in [0, 0.05) is 0 Å². The van der Waals surface area contributed by atoms with Gasteiger partial charge < -0.3 is 9.52 Å². The van der Waals surface area contributed by atoms with Crippen LogP contribution in [0.5, 0.6) is 0 Å². The minimum Gasteiger partial charge on any atom is -0.481 e. The minimum absolute atomic E-state index is 0.520. The molecule has 0 spiro atoms. The van der Waals surface area contributed by atoms with Crippen molar-refractivity contribution in [3.05, 3.63) is 30.2 Å². The number of benzene rings is 1. The van der Waals surface area contributed by atoms with Crippen molar-refractivity contribution in [2.45, 2.75) is 19.3 Å². The summed E-state index contributed by atoms with van der Waals surface area (Å²) in [6, 6.07) is 5.67. The van der Waals surface area contributed by atoms with Crippen LogP contribution in [0.2, 0.25) is 0 Å². The molecular formula is C12H11NO3. The smallest absolute Gasteiger partial charge is 0.309 e. The maximum atomic E-state index is 11.1. The summed E-state index contributed by atoms with van der Waals surface area (Å²) >= 11 is 0. The van der Waals surface area contributed by atoms with Gasteiger partial charge in [0.25, 0.3) is 0 Å². The molecule has 2 aromatic rings. The van der Waals surface area contributed by atoms with E-state index in [1.807, 2.05) is 18.2 Å². The molecule has 16 heavy (non-hydrogen) atoms. The highest BCUT2D eigenvalue weighted by Gasteiger charge is 2.49. The van der Waals surface area contributed by atoms with Crippen LogP contribution in [0, 0.1) is 5.41 Å². The summed E-state index contributed by atoms with van der Waals surface area (Å²) in [6.45, 7) is 0. The maximum Gasteiger partial charge on any atom is 0.309 e. The van der Waals surface area contributed by atoms with Crippen LogP contribution in [-0.2, 0) is 11.2 Å². The molecule has 1 aromatic heterocycles. The Bertz CT molecular complexity index is 554. The molecule has 1 N–H and O–H groups in total. The molecule has 0 radical (unpaired) electrons. The fourth-order valence-electron chi connectivity index (χ4n) is 2.02. The van der Waals surface area contributed by atoms with Crippen molar-refractivity contribution in [2.75, 3.05) is 0 Å². The summed E-state index contributed by atoms with van der Waals surface area (Å²) < 4.78 is 5.20. The average Bonchev–Trinajstić information content (AvgIpc) is 2.90. The number of aromatic nitrogens is 1. The molecule has 1 aliphatic rings. The van der Waals surface area contributed by atoms with Crippen molar-refractivity contribution in [3.8, 4) is 0 Å². The number of fused-ring (bicyclic) bond motifs is 1. The van der Waals surface area contributed by atoms with Gasteiger partial charge in [-0.1, -0.05) is 6.07 Å². The largest absolute Gasteiger partial charge is 0.481 e. The van der Waals surface area contributed by atoms with Crippen LogP contribution in [0.15, 0.2) is 29.0 Å². The highest BCUT2D eigenvalue weighted by atomic mass is 16.4. The Kier molecular flexibility index (Phi) is 1.80. The van der Waals surface area contributed by atoms with Crippen molar-refractivity contribution in [3.63, 3.8) is 0 Å². The van der Waals surface area contributed by atoms with Crippen LogP contribution in [0.3, 0.4) is 0 Å². The number of hydrogen-bond acceptors (Lipinski definition) is 3. The normalized spacial score (nSPS) is 17.5. The molecular weight excluding hydrogens is 206 g/mol. The summed E-state index contributed by atoms with van der Waals surface area (Å²) in [5.41, 5.74) is 2.01. The summed E-state index contributed by atoms with van der Waals surface area (Å²) in [5.74, 6) is -0.690. The third kappa shape index (κ3) is 1.38. The number of carboxylic acids is 1. The second kappa shape index (κ2) is 3.07. The molecule has 0 bridgehead atoms. The molecule has 0 saturated heterocycles. The van der Waals surface area contributed by atoms with Gasteiger partial charge in [0.05, 0.1) is 5.41 Å². The highest BCUT2D eigenvalue weighted by molar-refractivity contribution is 5.79. The molecule has 0 aliphatic heterocycles. The first-order chi connectivity index (χ1) is 7.70. The summed E-state index contributed by atoms with van der Waals surface area (Å²) in [5, 5.41) is 9.10. The predicted molar refractivity (Wildman–Crippen MR) is 57.0 cm³/mol. The van der Waals surface area contributed by atoms with Gasteiger partial charge in [0.15, 0.2) is 12.0 Å². The lowest BCUT2D eigenvalue weighted by Gasteiger charge is -2.08. The standard InChI is InChI=1S/C12H11NO3/c14-11(15)12(3-4-12)6-8-1-2-9-10(5-8)16-7-13-9/h1-2,5,7H,3-4,6H2,(H,14,15). The Labute approximate surface area is 91.9 Å². The third-order valence-electron chi connectivity index (χ3n) is 3.25. The van der Waals surface area contributed by atoms with Gasteiger partial charge in [-0.2, -0.15) is 0 Å². The number of nitrogens with zero attached hydrogens (tertiary/aromatic N) is 1. The first kappa shape index (κ1) is 9.39. The Balaban J connectivity index is 1.92. The van der Waals surface area contributed by atoms with Crippen LogP contribution in [-0.4, -0.2) is 16.1 Å². The number of carbonyl (C=O) groups is 1. The molecule has 1 fully saturated rings. The van der Waals surface area contributed by atoms with Gasteiger partial charge in [-0.25, -0.2) is 4.98 Å². The first-order valence-corrected chi connectivity index (χ1v) is 5.25. The highest BCUT2D eigenvalue weighted by Crippen LogP contribution is 2.48. The number of oxazole rings is 1. The summed E-state index contributed by atoms with van der Waals surface area (Å²) in [6.07, 6.45) is 3.53. The molecule has 1 saturated carbocycles. The molecule has 4 nitrogen and oxygen atoms in total. The van der Waals surface area contributed by atoms with E-state index < -0.39 is 11.4 Å². The Morgan fingerprint density at radius 1 is 1.50 bits per heavy atom. The topological polar surface area (TPSA) is 63.3 Å². The zero-order valence-corrected chi connectivity index (χ0v) is 8.64. The third-order valence-corrected chi connectivity index (χ3v) is 3.25. The zero-order valence-electron chi connectivity index (χ0n) is 8.64. The molecule has 0 amide bonds. The van der Waals surface area contributed by atoms with Crippen molar-refractivity contribution in [1.29, 1.82) is 0 Å². The molecule has 3 rings (SSSR count). The van der Waals surface area contributed by atoms with Crippen molar-refractivity contribution in [1.82, 2.24) is 4.98 Å². The van der Waals surface area contributed by atoms with Crippen molar-refractivity contribution in [2.24, 2.45) is 5.41 Å². The van der Waals surface area contributed by atoms with E-state index in [0.717, 1.165) is 29.5 Å². The van der Waals surface area contributed by atoms with Crippen LogP contribution in [0.25, 0.3) is 11.1 Å². The van der Waals surface area contributed by atoms with E-state index in [2.05, 4.69) is 4.98 Å². The van der Waals surface area contributed by atoms with Crippen LogP contribution in [0.1, 0.15) is 18.4 Å². The van der Waals surface area contributed by atoms with Gasteiger partial charge in [0.1, 0.15) is 5.52 Å². The minimum atomic E-state index is -0.690. The Morgan fingerprint density at radius 3 is 3.00 bits per heavy atom. The second-order valence-electron chi connectivity index (χ2n) is 4.42. The van der Waals surface area contributed by atoms with Gasteiger partial charge in [-0.05, 0) is 37.0 Å². The molecule has 1 aromatic carbocycles. The Morgan fingerprint density at radius 2 is 2.31 bits per heavy atom. The fraction of sp³-hybridized carbons (Fsp3) is 0.333. The molecule has 1 aliphatic carbocycles. The molecule has 0 atom stereocenters. The second-order valence-corrected chi connectivity index (χ2v) is 4.42. The monoisotopic (exact) mass is 217 g/mol. The van der Waals surface area contributed by atoms with E-state index in [4.69, 9.17) is 9.52 Å². The van der Waals surface area contributed by atoms with E-state index in [0.29, 0.717) is 6.42 Å². The summed E-state index contributed by atoms with van der Waals surface area (Å²) in [7, 11) is 0. The SMILES string of the molecule is O=C(O)C1(Cc2ccc3ncoc3c2)CC1. The maximum absolute atomic E-state index is 11.1. The predicted octanol–water partition coefficient (Wildman–Crippen LogP) is 2.24. The molecule has 0 unspecified atom stereocenters. The average molecular weight is 217 g/mol. The van der Waals surface area contributed by atoms with E-state index in [9.17, 15) is 4.79 Å². The molecule has 82 valence electrons. The van der Waals surface area contributed by atoms with Crippen LogP contribution < -0.4 is 0 Å². The van der Waals surface area contributed by atoms with E-state index in [-0.39, 0.29) is 0 Å². The Hall–Kier alpha value is -1.84. The van der Waals surface area contributed by atoms with E-state index in [1.165, 1.54) is 6.39 Å². The number of hydrogen-bond donors (Lipinski definition) is 1. The van der Waals surface area contributed by atoms with Crippen molar-refractivity contribution < 1.29 is 14.3 Å². The zero-order chi connectivity index (χ0) is 11.2. The van der Waals surface area contributed by atoms with Gasteiger partial charge >= 0.3 is 5.97 Å². The number of rotatable bonds is 3. The van der Waals surface area contributed by atoms with E-state index in [1.54, 1.807) is 0 Å². The van der Waals surface area contributed by atoms with Crippen molar-refractivity contribution >= 4 is 17.1 Å². The van der Waals surface area contributed by atoms with E-state index >= 15 is 0 Å². The fourth-order valence-corrected chi connectivity index (χ4v) is 2.02. The lowest BCUT2D eigenvalue weighted by molar-refractivity contribution is -0.143. The van der Waals surface area contributed by atoms with Gasteiger partial charge in [-0.3, -0.25) is 4.79 Å². The van der Waals surface area contributed by atoms with Crippen LogP contribution in [0.4, 0.5) is 0 Å². The van der Waals surface area contributed by atoms with Crippen LogP contribution >= 0.6 is 0 Å². The first-order valence-electron chi connectivity index (χ1n) is 5.25. The lowest BCUT2D eigenvalue weighted by Crippen LogP contribution is -2.17.